The van der Waals surface area contributed by atoms with Crippen molar-refractivity contribution in [1.82, 2.24) is 0 Å². The summed E-state index contributed by atoms with van der Waals surface area (Å²) in [6.07, 6.45) is 4.12. The van der Waals surface area contributed by atoms with Crippen molar-refractivity contribution < 1.29 is 23.8 Å². The topological polar surface area (TPSA) is 61.8 Å². The normalized spacial score (nSPS) is 11.9. The van der Waals surface area contributed by atoms with Crippen LogP contribution in [0, 0.1) is 0 Å². The van der Waals surface area contributed by atoms with Crippen LogP contribution in [0.5, 0.6) is 5.75 Å². The third-order valence-corrected chi connectivity index (χ3v) is 3.63. The van der Waals surface area contributed by atoms with Gasteiger partial charge in [0.25, 0.3) is 0 Å². The molecular weight excluding hydrogens is 332 g/mol. The molecule has 136 valence electrons. The van der Waals surface area contributed by atoms with Gasteiger partial charge < -0.3 is 19.0 Å². The van der Waals surface area contributed by atoms with Crippen LogP contribution in [0.4, 0.5) is 0 Å². The molecule has 0 fully saturated rings. The maximum atomic E-state index is 11.8. The average Bonchev–Trinajstić information content (AvgIpc) is 2.71. The van der Waals surface area contributed by atoms with E-state index in [-0.39, 0.29) is 12.6 Å². The largest absolute Gasteiger partial charge is 0.497 e. The first kappa shape index (κ1) is 19.4. The van der Waals surface area contributed by atoms with E-state index in [2.05, 4.69) is 0 Å². The molecule has 2 rings (SSSR count). The van der Waals surface area contributed by atoms with Gasteiger partial charge in [-0.25, -0.2) is 4.79 Å². The van der Waals surface area contributed by atoms with Crippen LogP contribution >= 0.6 is 0 Å². The van der Waals surface area contributed by atoms with Crippen LogP contribution in [-0.4, -0.2) is 32.1 Å². The van der Waals surface area contributed by atoms with Gasteiger partial charge in [0.15, 0.2) is 0 Å². The number of carbonyl (C=O) groups is 2. The van der Waals surface area contributed by atoms with E-state index in [9.17, 15) is 9.59 Å². The zero-order valence-corrected chi connectivity index (χ0v) is 14.7. The number of aldehydes is 1. The van der Waals surface area contributed by atoms with E-state index in [1.165, 1.54) is 0 Å². The second kappa shape index (κ2) is 10.8. The number of ether oxygens (including phenoxy) is 3. The smallest absolute Gasteiger partial charge is 0.338 e. The molecule has 1 atom stereocenters. The highest BCUT2D eigenvalue weighted by Crippen LogP contribution is 2.13. The molecule has 0 saturated heterocycles. The third-order valence-electron chi connectivity index (χ3n) is 3.63. The first-order valence-corrected chi connectivity index (χ1v) is 8.30. The molecule has 0 amide bonds. The Hall–Kier alpha value is -2.92. The molecule has 0 radical (unpaired) electrons. The van der Waals surface area contributed by atoms with Crippen molar-refractivity contribution in [3.63, 3.8) is 0 Å². The molecule has 0 heterocycles. The van der Waals surface area contributed by atoms with E-state index < -0.39 is 6.10 Å². The Balaban J connectivity index is 1.69. The Bertz CT molecular complexity index is 707. The van der Waals surface area contributed by atoms with E-state index in [0.29, 0.717) is 18.6 Å². The summed E-state index contributed by atoms with van der Waals surface area (Å²) in [5, 5.41) is 0. The summed E-state index contributed by atoms with van der Waals surface area (Å²) in [6.45, 7) is 0.488. The van der Waals surface area contributed by atoms with E-state index in [4.69, 9.17) is 14.2 Å². The molecule has 2 aromatic carbocycles. The van der Waals surface area contributed by atoms with Gasteiger partial charge in [-0.05, 0) is 36.2 Å². The maximum absolute atomic E-state index is 11.8. The number of methoxy groups -OCH3 is 1. The Labute approximate surface area is 153 Å². The number of esters is 1. The fourth-order valence-electron chi connectivity index (χ4n) is 2.17. The fourth-order valence-corrected chi connectivity index (χ4v) is 2.17. The number of hydrogen-bond donors (Lipinski definition) is 0. The van der Waals surface area contributed by atoms with Gasteiger partial charge >= 0.3 is 5.97 Å². The second-order valence-corrected chi connectivity index (χ2v) is 5.51. The highest BCUT2D eigenvalue weighted by molar-refractivity contribution is 5.89. The standard InChI is InChI=1S/C21H22O5/c1-24-19-12-10-17(11-13-19)16-26-20(15-22)9-5-6-14-25-21(23)18-7-3-2-4-8-18/h2-8,10-13,15,20H,9,14,16H2,1H3/b6-5+/t20-/m0/s1. The van der Waals surface area contributed by atoms with Crippen molar-refractivity contribution in [3.05, 3.63) is 77.9 Å². The van der Waals surface area contributed by atoms with Gasteiger partial charge in [-0.3, -0.25) is 0 Å². The molecule has 0 aliphatic rings. The van der Waals surface area contributed by atoms with Gasteiger partial charge in [-0.15, -0.1) is 0 Å². The number of carbonyl (C=O) groups excluding carboxylic acids is 2. The maximum Gasteiger partial charge on any atom is 0.338 e. The van der Waals surface area contributed by atoms with Gasteiger partial charge in [-0.1, -0.05) is 42.5 Å². The highest BCUT2D eigenvalue weighted by Gasteiger charge is 2.07. The van der Waals surface area contributed by atoms with Gasteiger partial charge in [0.1, 0.15) is 24.7 Å². The Morgan fingerprint density at radius 2 is 1.77 bits per heavy atom. The lowest BCUT2D eigenvalue weighted by Gasteiger charge is -2.10. The van der Waals surface area contributed by atoms with E-state index in [1.807, 2.05) is 30.3 Å². The predicted octanol–water partition coefficient (Wildman–Crippen LogP) is 3.58. The summed E-state index contributed by atoms with van der Waals surface area (Å²) in [7, 11) is 1.61. The molecule has 0 saturated carbocycles. The molecule has 0 N–H and O–H groups in total. The van der Waals surface area contributed by atoms with Crippen LogP contribution in [0.3, 0.4) is 0 Å². The van der Waals surface area contributed by atoms with Crippen molar-refractivity contribution in [1.29, 1.82) is 0 Å². The zero-order chi connectivity index (χ0) is 18.6. The van der Waals surface area contributed by atoms with Gasteiger partial charge in [-0.2, -0.15) is 0 Å². The Kier molecular flexibility index (Phi) is 8.09. The average molecular weight is 354 g/mol. The summed E-state index contributed by atoms with van der Waals surface area (Å²) < 4.78 is 15.8. The predicted molar refractivity (Wildman–Crippen MR) is 98.1 cm³/mol. The molecule has 0 aliphatic carbocycles. The summed E-state index contributed by atoms with van der Waals surface area (Å²) in [4.78, 5) is 22.9. The molecule has 26 heavy (non-hydrogen) atoms. The minimum absolute atomic E-state index is 0.151. The summed E-state index contributed by atoms with van der Waals surface area (Å²) in [6, 6.07) is 16.2. The molecule has 0 bridgehead atoms. The molecule has 5 nitrogen and oxygen atoms in total. The Morgan fingerprint density at radius 3 is 2.42 bits per heavy atom. The molecule has 0 aromatic heterocycles. The lowest BCUT2D eigenvalue weighted by atomic mass is 10.2. The number of benzene rings is 2. The zero-order valence-electron chi connectivity index (χ0n) is 14.7. The molecule has 2 aromatic rings. The minimum atomic E-state index is -0.543. The highest BCUT2D eigenvalue weighted by atomic mass is 16.5. The monoisotopic (exact) mass is 354 g/mol. The molecular formula is C21H22O5. The summed E-state index contributed by atoms with van der Waals surface area (Å²) in [5.41, 5.74) is 1.47. The first-order valence-electron chi connectivity index (χ1n) is 8.30. The quantitative estimate of drug-likeness (QED) is 0.371. The summed E-state index contributed by atoms with van der Waals surface area (Å²) in [5.74, 6) is 0.395. The SMILES string of the molecule is COc1ccc(CO[C@H](C=O)C/C=C/COC(=O)c2ccccc2)cc1. The van der Waals surface area contributed by atoms with Crippen LogP contribution in [0.2, 0.25) is 0 Å². The van der Waals surface area contributed by atoms with Crippen molar-refractivity contribution in [2.75, 3.05) is 13.7 Å². The lowest BCUT2D eigenvalue weighted by Crippen LogP contribution is -2.13. The molecule has 0 unspecified atom stereocenters. The van der Waals surface area contributed by atoms with Crippen LogP contribution in [0.15, 0.2) is 66.7 Å². The van der Waals surface area contributed by atoms with Crippen molar-refractivity contribution in [3.8, 4) is 5.75 Å². The van der Waals surface area contributed by atoms with E-state index in [0.717, 1.165) is 17.6 Å². The summed E-state index contributed by atoms with van der Waals surface area (Å²) >= 11 is 0. The van der Waals surface area contributed by atoms with Gasteiger partial charge in [0.2, 0.25) is 0 Å². The van der Waals surface area contributed by atoms with Crippen LogP contribution < -0.4 is 4.74 Å². The van der Waals surface area contributed by atoms with Gasteiger partial charge in [0, 0.05) is 0 Å². The minimum Gasteiger partial charge on any atom is -0.497 e. The van der Waals surface area contributed by atoms with E-state index in [1.54, 1.807) is 43.5 Å². The van der Waals surface area contributed by atoms with Crippen LogP contribution in [0.1, 0.15) is 22.3 Å². The molecule has 0 spiro atoms. The molecule has 0 aliphatic heterocycles. The third kappa shape index (κ3) is 6.53. The lowest BCUT2D eigenvalue weighted by molar-refractivity contribution is -0.118. The fraction of sp³-hybridized carbons (Fsp3) is 0.238. The van der Waals surface area contributed by atoms with E-state index >= 15 is 0 Å². The number of hydrogen-bond acceptors (Lipinski definition) is 5. The number of rotatable bonds is 10. The van der Waals surface area contributed by atoms with Gasteiger partial charge in [0.05, 0.1) is 19.3 Å². The van der Waals surface area contributed by atoms with Crippen LogP contribution in [0.25, 0.3) is 0 Å². The van der Waals surface area contributed by atoms with Crippen molar-refractivity contribution in [2.24, 2.45) is 0 Å². The second-order valence-electron chi connectivity index (χ2n) is 5.51. The van der Waals surface area contributed by atoms with Crippen molar-refractivity contribution >= 4 is 12.3 Å². The van der Waals surface area contributed by atoms with Crippen LogP contribution in [-0.2, 0) is 20.9 Å². The first-order chi connectivity index (χ1) is 12.7. The Morgan fingerprint density at radius 1 is 1.04 bits per heavy atom. The molecule has 5 heteroatoms. The van der Waals surface area contributed by atoms with Crippen molar-refractivity contribution in [2.45, 2.75) is 19.1 Å².